The van der Waals surface area contributed by atoms with Crippen LogP contribution in [0.1, 0.15) is 37.0 Å². The van der Waals surface area contributed by atoms with Crippen LogP contribution in [0.3, 0.4) is 0 Å². The van der Waals surface area contributed by atoms with Gasteiger partial charge in [0, 0.05) is 25.6 Å². The number of rotatable bonds is 10. The van der Waals surface area contributed by atoms with Crippen LogP contribution < -0.4 is 9.47 Å². The SMILES string of the molecule is COc1cc(C(C)=O)ccc1OCCCC(=O)N(C)CC(C)C(=O)O. The molecule has 0 aliphatic heterocycles. The Morgan fingerprint density at radius 2 is 1.92 bits per heavy atom. The lowest BCUT2D eigenvalue weighted by molar-refractivity contribution is -0.142. The van der Waals surface area contributed by atoms with Gasteiger partial charge in [0.05, 0.1) is 19.6 Å². The van der Waals surface area contributed by atoms with Crippen molar-refractivity contribution in [2.45, 2.75) is 26.7 Å². The Balaban J connectivity index is 2.46. The molecule has 1 amide bonds. The summed E-state index contributed by atoms with van der Waals surface area (Å²) in [6.07, 6.45) is 0.749. The fourth-order valence-electron chi connectivity index (χ4n) is 2.19. The summed E-state index contributed by atoms with van der Waals surface area (Å²) < 4.78 is 10.8. The van der Waals surface area contributed by atoms with Crippen LogP contribution in [0.2, 0.25) is 0 Å². The summed E-state index contributed by atoms with van der Waals surface area (Å²) in [4.78, 5) is 35.6. The summed E-state index contributed by atoms with van der Waals surface area (Å²) >= 11 is 0. The number of ether oxygens (including phenoxy) is 2. The maximum Gasteiger partial charge on any atom is 0.308 e. The van der Waals surface area contributed by atoms with Gasteiger partial charge in [-0.2, -0.15) is 0 Å². The molecule has 0 aromatic heterocycles. The molecule has 1 unspecified atom stereocenters. The molecule has 0 bridgehead atoms. The van der Waals surface area contributed by atoms with E-state index in [4.69, 9.17) is 14.6 Å². The number of methoxy groups -OCH3 is 1. The predicted molar refractivity (Wildman–Crippen MR) is 92.2 cm³/mol. The average Bonchev–Trinajstić information content (AvgIpc) is 2.57. The molecule has 1 rings (SSSR count). The van der Waals surface area contributed by atoms with Crippen LogP contribution >= 0.6 is 0 Å². The zero-order valence-electron chi connectivity index (χ0n) is 15.1. The smallest absolute Gasteiger partial charge is 0.308 e. The minimum Gasteiger partial charge on any atom is -0.493 e. The third kappa shape index (κ3) is 6.45. The van der Waals surface area contributed by atoms with Crippen molar-refractivity contribution in [3.63, 3.8) is 0 Å². The molecule has 1 atom stereocenters. The predicted octanol–water partition coefficient (Wildman–Crippen LogP) is 2.24. The van der Waals surface area contributed by atoms with Crippen molar-refractivity contribution in [3.05, 3.63) is 23.8 Å². The van der Waals surface area contributed by atoms with Crippen LogP contribution in [0.5, 0.6) is 11.5 Å². The second kappa shape index (κ2) is 9.66. The van der Waals surface area contributed by atoms with E-state index in [1.165, 1.54) is 18.9 Å². The van der Waals surface area contributed by atoms with E-state index in [1.807, 2.05) is 0 Å². The van der Waals surface area contributed by atoms with E-state index in [0.717, 1.165) is 0 Å². The normalized spacial score (nSPS) is 11.5. The van der Waals surface area contributed by atoms with E-state index in [0.29, 0.717) is 30.1 Å². The van der Waals surface area contributed by atoms with Gasteiger partial charge < -0.3 is 19.5 Å². The van der Waals surface area contributed by atoms with Crippen molar-refractivity contribution in [1.29, 1.82) is 0 Å². The number of Topliss-reactive ketones (excluding diaryl/α,β-unsaturated/α-hetero) is 1. The first kappa shape index (κ1) is 20.5. The molecule has 0 aliphatic carbocycles. The highest BCUT2D eigenvalue weighted by Gasteiger charge is 2.17. The summed E-state index contributed by atoms with van der Waals surface area (Å²) in [7, 11) is 3.08. The third-order valence-electron chi connectivity index (χ3n) is 3.76. The first-order valence-electron chi connectivity index (χ1n) is 8.04. The van der Waals surface area contributed by atoms with Gasteiger partial charge in [-0.15, -0.1) is 0 Å². The standard InChI is InChI=1S/C18H25NO6/c1-12(18(22)23)11-19(3)17(21)6-5-9-25-15-8-7-14(13(2)20)10-16(15)24-4/h7-8,10,12H,5-6,9,11H2,1-4H3,(H,22,23). The van der Waals surface area contributed by atoms with Crippen LogP contribution in [-0.4, -0.2) is 55.0 Å². The molecule has 0 saturated heterocycles. The molecular formula is C18H25NO6. The molecule has 0 saturated carbocycles. The number of carboxylic acids is 1. The maximum absolute atomic E-state index is 12.0. The molecule has 0 radical (unpaired) electrons. The number of carbonyl (C=O) groups is 3. The van der Waals surface area contributed by atoms with Crippen molar-refractivity contribution < 1.29 is 29.0 Å². The molecule has 25 heavy (non-hydrogen) atoms. The number of carboxylic acid groups (broad SMARTS) is 1. The largest absolute Gasteiger partial charge is 0.493 e. The first-order chi connectivity index (χ1) is 11.8. The summed E-state index contributed by atoms with van der Waals surface area (Å²) in [6, 6.07) is 4.94. The van der Waals surface area contributed by atoms with Gasteiger partial charge in [-0.3, -0.25) is 14.4 Å². The van der Waals surface area contributed by atoms with Crippen molar-refractivity contribution in [1.82, 2.24) is 4.90 Å². The average molecular weight is 351 g/mol. The van der Waals surface area contributed by atoms with Crippen molar-refractivity contribution in [3.8, 4) is 11.5 Å². The molecule has 1 aromatic rings. The monoisotopic (exact) mass is 351 g/mol. The Bertz CT molecular complexity index is 628. The molecule has 0 fully saturated rings. The lowest BCUT2D eigenvalue weighted by atomic mass is 10.1. The van der Waals surface area contributed by atoms with Crippen LogP contribution in [0.15, 0.2) is 18.2 Å². The third-order valence-corrected chi connectivity index (χ3v) is 3.76. The quantitative estimate of drug-likeness (QED) is 0.513. The highest BCUT2D eigenvalue weighted by Crippen LogP contribution is 2.28. The van der Waals surface area contributed by atoms with Gasteiger partial charge in [-0.05, 0) is 31.5 Å². The Hall–Kier alpha value is -2.57. The molecule has 7 heteroatoms. The molecule has 0 aliphatic rings. The van der Waals surface area contributed by atoms with Gasteiger partial charge in [0.1, 0.15) is 0 Å². The number of carbonyl (C=O) groups excluding carboxylic acids is 2. The number of nitrogens with zero attached hydrogens (tertiary/aromatic N) is 1. The molecule has 0 heterocycles. The van der Waals surface area contributed by atoms with E-state index >= 15 is 0 Å². The van der Waals surface area contributed by atoms with E-state index in [-0.39, 0.29) is 24.7 Å². The second-order valence-corrected chi connectivity index (χ2v) is 5.89. The van der Waals surface area contributed by atoms with Gasteiger partial charge in [0.2, 0.25) is 5.91 Å². The van der Waals surface area contributed by atoms with Crippen molar-refractivity contribution >= 4 is 17.7 Å². The zero-order valence-corrected chi connectivity index (χ0v) is 15.1. The minimum absolute atomic E-state index is 0.0610. The Kier molecular flexibility index (Phi) is 7.91. The Morgan fingerprint density at radius 3 is 2.48 bits per heavy atom. The van der Waals surface area contributed by atoms with Gasteiger partial charge in [0.15, 0.2) is 17.3 Å². The fourth-order valence-corrected chi connectivity index (χ4v) is 2.19. The van der Waals surface area contributed by atoms with Gasteiger partial charge in [0.25, 0.3) is 0 Å². The van der Waals surface area contributed by atoms with Gasteiger partial charge >= 0.3 is 5.97 Å². The van der Waals surface area contributed by atoms with E-state index in [9.17, 15) is 14.4 Å². The first-order valence-corrected chi connectivity index (χ1v) is 8.04. The highest BCUT2D eigenvalue weighted by atomic mass is 16.5. The van der Waals surface area contributed by atoms with Crippen LogP contribution in [0.25, 0.3) is 0 Å². The second-order valence-electron chi connectivity index (χ2n) is 5.89. The minimum atomic E-state index is -0.927. The topological polar surface area (TPSA) is 93.1 Å². The van der Waals surface area contributed by atoms with Gasteiger partial charge in [-0.1, -0.05) is 6.92 Å². The van der Waals surface area contributed by atoms with Crippen LogP contribution in [0, 0.1) is 5.92 Å². The van der Waals surface area contributed by atoms with E-state index in [1.54, 1.807) is 32.2 Å². The van der Waals surface area contributed by atoms with Crippen LogP contribution in [0.4, 0.5) is 0 Å². The van der Waals surface area contributed by atoms with E-state index in [2.05, 4.69) is 0 Å². The fraction of sp³-hybridized carbons (Fsp3) is 0.500. The van der Waals surface area contributed by atoms with Crippen molar-refractivity contribution in [2.24, 2.45) is 5.92 Å². The lowest BCUT2D eigenvalue weighted by Gasteiger charge is -2.19. The number of benzene rings is 1. The lowest BCUT2D eigenvalue weighted by Crippen LogP contribution is -2.33. The summed E-state index contributed by atoms with van der Waals surface area (Å²) in [5.41, 5.74) is 0.536. The molecule has 1 aromatic carbocycles. The maximum atomic E-state index is 12.0. The molecule has 0 spiro atoms. The molecule has 7 nitrogen and oxygen atoms in total. The molecular weight excluding hydrogens is 326 g/mol. The number of hydrogen-bond acceptors (Lipinski definition) is 5. The van der Waals surface area contributed by atoms with E-state index < -0.39 is 11.9 Å². The Morgan fingerprint density at radius 1 is 1.24 bits per heavy atom. The summed E-state index contributed by atoms with van der Waals surface area (Å²) in [5, 5.41) is 8.87. The number of amides is 1. The van der Waals surface area contributed by atoms with Gasteiger partial charge in [-0.25, -0.2) is 0 Å². The number of aliphatic carboxylic acids is 1. The van der Waals surface area contributed by atoms with Crippen LogP contribution in [-0.2, 0) is 9.59 Å². The highest BCUT2D eigenvalue weighted by molar-refractivity contribution is 5.94. The number of hydrogen-bond donors (Lipinski definition) is 1. The number of ketones is 1. The van der Waals surface area contributed by atoms with Crippen molar-refractivity contribution in [2.75, 3.05) is 27.3 Å². The molecule has 138 valence electrons. The molecule has 1 N–H and O–H groups in total. The zero-order chi connectivity index (χ0) is 19.0. The Labute approximate surface area is 147 Å². The summed E-state index contributed by atoms with van der Waals surface area (Å²) in [5.74, 6) is -0.748. The summed E-state index contributed by atoms with van der Waals surface area (Å²) in [6.45, 7) is 3.52.